The monoisotopic (exact) mass is 388 g/mol. The summed E-state index contributed by atoms with van der Waals surface area (Å²) in [6, 6.07) is 4.63. The molecule has 3 aromatic rings. The van der Waals surface area contributed by atoms with Crippen LogP contribution in [0.15, 0.2) is 30.5 Å². The number of carbonyl (C=O) groups is 1. The number of rotatable bonds is 2. The smallest absolute Gasteiger partial charge is 0.416 e. The van der Waals surface area contributed by atoms with E-state index in [0.29, 0.717) is 35.4 Å². The van der Waals surface area contributed by atoms with Gasteiger partial charge in [-0.15, -0.1) is 0 Å². The van der Waals surface area contributed by atoms with E-state index in [4.69, 9.17) is 0 Å². The number of carboxylic acid groups (broad SMARTS) is 1. The molecule has 0 spiro atoms. The lowest BCUT2D eigenvalue weighted by molar-refractivity contribution is -0.137. The second-order valence-corrected chi connectivity index (χ2v) is 6.60. The molecule has 0 fully saturated rings. The first-order chi connectivity index (χ1) is 13.3. The summed E-state index contributed by atoms with van der Waals surface area (Å²) in [5, 5.41) is 13.5. The summed E-state index contributed by atoms with van der Waals surface area (Å²) >= 11 is 0. The molecule has 0 unspecified atom stereocenters. The van der Waals surface area contributed by atoms with Crippen molar-refractivity contribution in [3.63, 3.8) is 0 Å². The predicted octanol–water partition coefficient (Wildman–Crippen LogP) is 3.75. The van der Waals surface area contributed by atoms with Crippen LogP contribution in [-0.4, -0.2) is 30.8 Å². The number of aromatic nitrogens is 4. The van der Waals surface area contributed by atoms with Gasteiger partial charge in [0, 0.05) is 24.4 Å². The molecule has 4 rings (SSSR count). The van der Waals surface area contributed by atoms with E-state index in [9.17, 15) is 23.1 Å². The van der Waals surface area contributed by atoms with E-state index in [-0.39, 0.29) is 11.5 Å². The first-order valence-electron chi connectivity index (χ1n) is 8.59. The lowest BCUT2D eigenvalue weighted by atomic mass is 10.1. The molecule has 1 N–H and O–H groups in total. The van der Waals surface area contributed by atoms with Gasteiger partial charge in [-0.3, -0.25) is 4.68 Å². The Kier molecular flexibility index (Phi) is 4.17. The van der Waals surface area contributed by atoms with Crippen LogP contribution in [0.1, 0.15) is 33.6 Å². The number of benzene rings is 1. The maximum absolute atomic E-state index is 12.8. The Bertz CT molecular complexity index is 1070. The average Bonchev–Trinajstić information content (AvgIpc) is 2.86. The maximum atomic E-state index is 12.8. The highest BCUT2D eigenvalue weighted by atomic mass is 19.4. The molecule has 2 aromatic heterocycles. The Morgan fingerprint density at radius 1 is 1.18 bits per heavy atom. The van der Waals surface area contributed by atoms with Gasteiger partial charge in [-0.2, -0.15) is 18.3 Å². The van der Waals surface area contributed by atoms with Crippen molar-refractivity contribution in [1.29, 1.82) is 0 Å². The second-order valence-electron chi connectivity index (χ2n) is 6.60. The Morgan fingerprint density at radius 2 is 1.89 bits per heavy atom. The van der Waals surface area contributed by atoms with E-state index in [1.807, 2.05) is 0 Å². The van der Waals surface area contributed by atoms with Crippen molar-refractivity contribution in [2.24, 2.45) is 7.05 Å². The zero-order valence-corrected chi connectivity index (χ0v) is 14.8. The molecule has 0 atom stereocenters. The second kappa shape index (κ2) is 6.43. The van der Waals surface area contributed by atoms with Crippen molar-refractivity contribution in [3.05, 3.63) is 52.8 Å². The lowest BCUT2D eigenvalue weighted by Crippen LogP contribution is -2.05. The summed E-state index contributed by atoms with van der Waals surface area (Å²) in [7, 11) is 1.65. The van der Waals surface area contributed by atoms with Crippen LogP contribution in [0.3, 0.4) is 0 Å². The molecule has 2 heterocycles. The van der Waals surface area contributed by atoms with Gasteiger partial charge in [-0.05, 0) is 37.0 Å². The first-order valence-corrected chi connectivity index (χ1v) is 8.59. The number of hydrogen-bond donors (Lipinski definition) is 1. The predicted molar refractivity (Wildman–Crippen MR) is 93.7 cm³/mol. The van der Waals surface area contributed by atoms with Crippen LogP contribution in [0.2, 0.25) is 0 Å². The van der Waals surface area contributed by atoms with Gasteiger partial charge in [0.25, 0.3) is 0 Å². The zero-order valence-electron chi connectivity index (χ0n) is 14.8. The third kappa shape index (κ3) is 3.02. The SMILES string of the molecule is Cn1nc(C(=O)O)c2c1-c1nc(-c3ccc(C(F)(F)F)cc3)ncc1CCC2. The highest BCUT2D eigenvalue weighted by molar-refractivity contribution is 5.90. The summed E-state index contributed by atoms with van der Waals surface area (Å²) in [4.78, 5) is 20.4. The molecule has 144 valence electrons. The molecule has 28 heavy (non-hydrogen) atoms. The van der Waals surface area contributed by atoms with Crippen molar-refractivity contribution in [1.82, 2.24) is 19.7 Å². The normalized spacial score (nSPS) is 13.6. The fourth-order valence-corrected chi connectivity index (χ4v) is 3.47. The van der Waals surface area contributed by atoms with Gasteiger partial charge < -0.3 is 5.11 Å². The molecule has 0 aliphatic heterocycles. The van der Waals surface area contributed by atoms with Gasteiger partial charge in [0.1, 0.15) is 0 Å². The largest absolute Gasteiger partial charge is 0.476 e. The minimum atomic E-state index is -4.41. The average molecular weight is 388 g/mol. The number of aryl methyl sites for hydroxylation is 2. The molecule has 0 saturated heterocycles. The number of nitrogens with zero attached hydrogens (tertiary/aromatic N) is 4. The van der Waals surface area contributed by atoms with E-state index in [1.54, 1.807) is 13.2 Å². The van der Waals surface area contributed by atoms with Crippen molar-refractivity contribution < 1.29 is 23.1 Å². The summed E-state index contributed by atoms with van der Waals surface area (Å²) in [5.41, 5.74) is 2.36. The van der Waals surface area contributed by atoms with Gasteiger partial charge in [0.2, 0.25) is 0 Å². The number of carboxylic acids is 1. The minimum absolute atomic E-state index is 0.0000392. The summed E-state index contributed by atoms with van der Waals surface area (Å²) < 4.78 is 39.8. The van der Waals surface area contributed by atoms with Gasteiger partial charge in [0.15, 0.2) is 11.5 Å². The van der Waals surface area contributed by atoms with Crippen molar-refractivity contribution in [2.45, 2.75) is 25.4 Å². The Morgan fingerprint density at radius 3 is 2.54 bits per heavy atom. The van der Waals surface area contributed by atoms with Crippen LogP contribution in [0.25, 0.3) is 22.8 Å². The molecule has 6 nitrogen and oxygen atoms in total. The van der Waals surface area contributed by atoms with Crippen LogP contribution >= 0.6 is 0 Å². The fraction of sp³-hybridized carbons (Fsp3) is 0.263. The molecular formula is C19H15F3N4O2. The van der Waals surface area contributed by atoms with Crippen LogP contribution in [-0.2, 0) is 26.1 Å². The Hall–Kier alpha value is -3.23. The molecule has 9 heteroatoms. The number of halogens is 3. The fourth-order valence-electron chi connectivity index (χ4n) is 3.47. The topological polar surface area (TPSA) is 80.9 Å². The summed E-state index contributed by atoms with van der Waals surface area (Å²) in [5.74, 6) is -0.823. The van der Waals surface area contributed by atoms with Crippen molar-refractivity contribution in [2.75, 3.05) is 0 Å². The number of fused-ring (bicyclic) bond motifs is 3. The van der Waals surface area contributed by atoms with Crippen LogP contribution in [0, 0.1) is 0 Å². The van der Waals surface area contributed by atoms with Gasteiger partial charge in [0.05, 0.1) is 17.0 Å². The van der Waals surface area contributed by atoms with Crippen molar-refractivity contribution >= 4 is 5.97 Å². The molecule has 0 radical (unpaired) electrons. The maximum Gasteiger partial charge on any atom is 0.416 e. The number of alkyl halides is 3. The molecule has 0 bridgehead atoms. The third-order valence-electron chi connectivity index (χ3n) is 4.78. The van der Waals surface area contributed by atoms with E-state index in [1.165, 1.54) is 16.8 Å². The Labute approximate surface area is 157 Å². The van der Waals surface area contributed by atoms with E-state index in [0.717, 1.165) is 24.1 Å². The van der Waals surface area contributed by atoms with E-state index in [2.05, 4.69) is 15.1 Å². The molecule has 1 aromatic carbocycles. The van der Waals surface area contributed by atoms with E-state index >= 15 is 0 Å². The summed E-state index contributed by atoms with van der Waals surface area (Å²) in [6.07, 6.45) is -0.802. The number of aromatic carboxylic acids is 1. The minimum Gasteiger partial charge on any atom is -0.476 e. The van der Waals surface area contributed by atoms with E-state index < -0.39 is 17.7 Å². The quantitative estimate of drug-likeness (QED) is 0.723. The summed E-state index contributed by atoms with van der Waals surface area (Å²) in [6.45, 7) is 0. The van der Waals surface area contributed by atoms with Gasteiger partial charge in [-0.25, -0.2) is 14.8 Å². The molecule has 0 saturated carbocycles. The van der Waals surface area contributed by atoms with Gasteiger partial charge in [-0.1, -0.05) is 12.1 Å². The molecule has 1 aliphatic rings. The number of hydrogen-bond acceptors (Lipinski definition) is 4. The lowest BCUT2D eigenvalue weighted by Gasteiger charge is -2.10. The highest BCUT2D eigenvalue weighted by Crippen LogP contribution is 2.34. The zero-order chi connectivity index (χ0) is 20.1. The van der Waals surface area contributed by atoms with Crippen LogP contribution in [0.4, 0.5) is 13.2 Å². The molecular weight excluding hydrogens is 373 g/mol. The van der Waals surface area contributed by atoms with Gasteiger partial charge >= 0.3 is 12.1 Å². The third-order valence-corrected chi connectivity index (χ3v) is 4.78. The van der Waals surface area contributed by atoms with Crippen LogP contribution in [0.5, 0.6) is 0 Å². The molecule has 0 amide bonds. The van der Waals surface area contributed by atoms with Crippen molar-refractivity contribution in [3.8, 4) is 22.8 Å². The standard InChI is InChI=1S/C19H15F3N4O2/c1-26-16-13(15(25-26)18(27)28)4-2-3-11-9-23-17(24-14(11)16)10-5-7-12(8-6-10)19(20,21)22/h5-9H,2-4H2,1H3,(H,27,28). The van der Waals surface area contributed by atoms with Crippen LogP contribution < -0.4 is 0 Å². The first kappa shape index (κ1) is 18.1. The highest BCUT2D eigenvalue weighted by Gasteiger charge is 2.30. The molecule has 1 aliphatic carbocycles. The Balaban J connectivity index is 1.83.